The largest absolute Gasteiger partial charge is 0.507 e. The van der Waals surface area contributed by atoms with Crippen molar-refractivity contribution in [3.8, 4) is 5.75 Å². The highest BCUT2D eigenvalue weighted by Crippen LogP contribution is 2.35. The second kappa shape index (κ2) is 8.32. The number of hydrogen-bond acceptors (Lipinski definition) is 5. The van der Waals surface area contributed by atoms with Gasteiger partial charge in [0.05, 0.1) is 0 Å². The molecule has 0 spiro atoms. The van der Waals surface area contributed by atoms with Crippen LogP contribution in [0.1, 0.15) is 63.1 Å². The first-order chi connectivity index (χ1) is 13.6. The molecule has 2 fully saturated rings. The number of aliphatic carboxylic acids is 2. The third kappa shape index (κ3) is 4.73. The van der Waals surface area contributed by atoms with E-state index in [-0.39, 0.29) is 11.2 Å². The molecule has 1 aromatic rings. The fourth-order valence-electron chi connectivity index (χ4n) is 4.46. The third-order valence-corrected chi connectivity index (χ3v) is 6.18. The van der Waals surface area contributed by atoms with Crippen LogP contribution in [-0.4, -0.2) is 62.2 Å². The van der Waals surface area contributed by atoms with E-state index in [0.717, 1.165) is 18.4 Å². The van der Waals surface area contributed by atoms with Gasteiger partial charge in [0.2, 0.25) is 0 Å². The van der Waals surface area contributed by atoms with Crippen LogP contribution in [0.25, 0.3) is 0 Å². The fraction of sp³-hybridized carbons (Fsp3) is 0.636. The van der Waals surface area contributed by atoms with Gasteiger partial charge in [-0.3, -0.25) is 19.4 Å². The molecular formula is C22H32N2O5. The number of phenols is 1. The first-order valence-electron chi connectivity index (χ1n) is 10.4. The number of carboxylic acids is 2. The topological polar surface area (TPSA) is 101 Å². The van der Waals surface area contributed by atoms with E-state index in [1.165, 1.54) is 0 Å². The predicted molar refractivity (Wildman–Crippen MR) is 109 cm³/mol. The summed E-state index contributed by atoms with van der Waals surface area (Å²) >= 11 is 0. The van der Waals surface area contributed by atoms with Crippen LogP contribution in [0.4, 0.5) is 0 Å². The Morgan fingerprint density at radius 2 is 1.34 bits per heavy atom. The van der Waals surface area contributed by atoms with Gasteiger partial charge in [0, 0.05) is 24.2 Å². The van der Waals surface area contributed by atoms with Crippen molar-refractivity contribution in [1.29, 1.82) is 0 Å². The molecule has 3 N–H and O–H groups in total. The Kier molecular flexibility index (Phi) is 6.19. The second-order valence-corrected chi connectivity index (χ2v) is 9.33. The summed E-state index contributed by atoms with van der Waals surface area (Å²) < 4.78 is 0. The van der Waals surface area contributed by atoms with E-state index >= 15 is 0 Å². The zero-order valence-electron chi connectivity index (χ0n) is 17.5. The van der Waals surface area contributed by atoms with Crippen molar-refractivity contribution in [2.45, 2.75) is 77.0 Å². The van der Waals surface area contributed by atoms with Gasteiger partial charge >= 0.3 is 11.9 Å². The van der Waals surface area contributed by atoms with Crippen molar-refractivity contribution >= 4 is 11.9 Å². The Morgan fingerprint density at radius 3 is 1.69 bits per heavy atom. The number of rotatable bonds is 6. The van der Waals surface area contributed by atoms with Crippen molar-refractivity contribution < 1.29 is 24.9 Å². The third-order valence-electron chi connectivity index (χ3n) is 6.18. The quantitative estimate of drug-likeness (QED) is 0.670. The standard InChI is InChI=1S/C22H32N2O5/c1-22(2,3)16-10-14(12-23-8-4-6-17(23)20(26)27)19(25)15(11-16)13-24-9-5-7-18(24)21(28)29/h10-11,17-18,25H,4-9,12-13H2,1-3H3,(H,26,27)(H,28,29)/t17-,18-/m0/s1. The van der Waals surface area contributed by atoms with Crippen molar-refractivity contribution in [1.82, 2.24) is 9.80 Å². The first-order valence-corrected chi connectivity index (χ1v) is 10.4. The van der Waals surface area contributed by atoms with Crippen LogP contribution < -0.4 is 0 Å². The lowest BCUT2D eigenvalue weighted by Gasteiger charge is -2.28. The Bertz CT molecular complexity index is 731. The van der Waals surface area contributed by atoms with Crippen molar-refractivity contribution in [3.05, 3.63) is 28.8 Å². The lowest BCUT2D eigenvalue weighted by atomic mass is 9.84. The molecule has 0 amide bonds. The maximum Gasteiger partial charge on any atom is 0.320 e. The van der Waals surface area contributed by atoms with Crippen molar-refractivity contribution in [3.63, 3.8) is 0 Å². The van der Waals surface area contributed by atoms with E-state index in [0.29, 0.717) is 50.1 Å². The van der Waals surface area contributed by atoms with Gasteiger partial charge in [-0.25, -0.2) is 0 Å². The maximum absolute atomic E-state index is 11.5. The molecule has 0 unspecified atom stereocenters. The van der Waals surface area contributed by atoms with Crippen LogP contribution in [-0.2, 0) is 28.1 Å². The molecule has 7 heteroatoms. The van der Waals surface area contributed by atoms with Crippen LogP contribution in [0, 0.1) is 0 Å². The Labute approximate surface area is 171 Å². The Balaban J connectivity index is 1.93. The average molecular weight is 405 g/mol. The molecule has 0 saturated carbocycles. The number of likely N-dealkylation sites (tertiary alicyclic amines) is 2. The number of hydrogen-bond donors (Lipinski definition) is 3. The molecule has 0 aliphatic carbocycles. The van der Waals surface area contributed by atoms with Gasteiger partial charge in [0.15, 0.2) is 0 Å². The van der Waals surface area contributed by atoms with E-state index in [9.17, 15) is 24.9 Å². The molecular weight excluding hydrogens is 372 g/mol. The Hall–Kier alpha value is -2.12. The van der Waals surface area contributed by atoms with Gasteiger partial charge < -0.3 is 15.3 Å². The number of carbonyl (C=O) groups is 2. The van der Waals surface area contributed by atoms with Crippen LogP contribution in [0.3, 0.4) is 0 Å². The highest BCUT2D eigenvalue weighted by molar-refractivity contribution is 5.74. The number of nitrogens with zero attached hydrogens (tertiary/aromatic N) is 2. The van der Waals surface area contributed by atoms with E-state index in [1.54, 1.807) is 0 Å². The molecule has 3 rings (SSSR count). The lowest BCUT2D eigenvalue weighted by molar-refractivity contribution is -0.143. The molecule has 2 heterocycles. The van der Waals surface area contributed by atoms with Gasteiger partial charge in [-0.2, -0.15) is 0 Å². The zero-order chi connectivity index (χ0) is 21.3. The molecule has 1 aromatic carbocycles. The zero-order valence-corrected chi connectivity index (χ0v) is 17.5. The number of carboxylic acid groups (broad SMARTS) is 2. The molecule has 2 aliphatic rings. The molecule has 2 aliphatic heterocycles. The molecule has 2 atom stereocenters. The van der Waals surface area contributed by atoms with E-state index in [4.69, 9.17) is 0 Å². The minimum Gasteiger partial charge on any atom is -0.507 e. The van der Waals surface area contributed by atoms with E-state index in [2.05, 4.69) is 20.8 Å². The smallest absolute Gasteiger partial charge is 0.320 e. The summed E-state index contributed by atoms with van der Waals surface area (Å²) in [6.45, 7) is 8.43. The summed E-state index contributed by atoms with van der Waals surface area (Å²) in [7, 11) is 0. The summed E-state index contributed by atoms with van der Waals surface area (Å²) in [4.78, 5) is 26.9. The molecule has 160 valence electrons. The summed E-state index contributed by atoms with van der Waals surface area (Å²) in [6, 6.07) is 2.89. The fourth-order valence-corrected chi connectivity index (χ4v) is 4.46. The Morgan fingerprint density at radius 1 is 0.931 bits per heavy atom. The summed E-state index contributed by atoms with van der Waals surface area (Å²) in [5.41, 5.74) is 2.33. The minimum absolute atomic E-state index is 0.147. The van der Waals surface area contributed by atoms with Gasteiger partial charge in [0.25, 0.3) is 0 Å². The van der Waals surface area contributed by atoms with Crippen LogP contribution in [0.15, 0.2) is 12.1 Å². The predicted octanol–water partition coefficient (Wildman–Crippen LogP) is 2.79. The van der Waals surface area contributed by atoms with Crippen LogP contribution in [0.2, 0.25) is 0 Å². The van der Waals surface area contributed by atoms with Gasteiger partial charge in [0.1, 0.15) is 17.8 Å². The number of benzene rings is 1. The normalized spacial score (nSPS) is 23.6. The lowest BCUT2D eigenvalue weighted by Crippen LogP contribution is -2.36. The number of aromatic hydroxyl groups is 1. The van der Waals surface area contributed by atoms with Gasteiger partial charge in [-0.05, 0) is 49.8 Å². The van der Waals surface area contributed by atoms with E-state index in [1.807, 2.05) is 21.9 Å². The monoisotopic (exact) mass is 404 g/mol. The second-order valence-electron chi connectivity index (χ2n) is 9.33. The summed E-state index contributed by atoms with van der Waals surface area (Å²) in [5.74, 6) is -1.49. The molecule has 0 bridgehead atoms. The molecule has 7 nitrogen and oxygen atoms in total. The minimum atomic E-state index is -0.824. The van der Waals surface area contributed by atoms with Crippen LogP contribution >= 0.6 is 0 Å². The summed E-state index contributed by atoms with van der Waals surface area (Å²) in [6.07, 6.45) is 2.90. The highest BCUT2D eigenvalue weighted by atomic mass is 16.4. The number of phenolic OH excluding ortho intramolecular Hbond substituents is 1. The highest BCUT2D eigenvalue weighted by Gasteiger charge is 2.33. The van der Waals surface area contributed by atoms with Crippen molar-refractivity contribution in [2.24, 2.45) is 0 Å². The van der Waals surface area contributed by atoms with Gasteiger partial charge in [-0.15, -0.1) is 0 Å². The average Bonchev–Trinajstić information content (AvgIpc) is 3.26. The van der Waals surface area contributed by atoms with Crippen molar-refractivity contribution in [2.75, 3.05) is 13.1 Å². The summed E-state index contributed by atoms with van der Waals surface area (Å²) in [5, 5.41) is 29.9. The first kappa shape index (κ1) is 21.6. The molecule has 29 heavy (non-hydrogen) atoms. The molecule has 0 radical (unpaired) electrons. The molecule has 0 aromatic heterocycles. The van der Waals surface area contributed by atoms with Crippen LogP contribution in [0.5, 0.6) is 5.75 Å². The molecule has 2 saturated heterocycles. The van der Waals surface area contributed by atoms with E-state index < -0.39 is 24.0 Å². The SMILES string of the molecule is CC(C)(C)c1cc(CN2CCC[C@H]2C(=O)O)c(O)c(CN2CCC[C@H]2C(=O)O)c1. The maximum atomic E-state index is 11.5. The van der Waals surface area contributed by atoms with Gasteiger partial charge in [-0.1, -0.05) is 32.9 Å².